The normalized spacial score (nSPS) is 14.2. The van der Waals surface area contributed by atoms with E-state index in [4.69, 9.17) is 5.26 Å². The molecule has 0 saturated carbocycles. The molecule has 0 aliphatic carbocycles. The molecule has 1 saturated heterocycles. The quantitative estimate of drug-likeness (QED) is 0.541. The van der Waals surface area contributed by atoms with E-state index in [1.54, 1.807) is 60.7 Å². The van der Waals surface area contributed by atoms with Crippen LogP contribution in [0.2, 0.25) is 0 Å². The van der Waals surface area contributed by atoms with Gasteiger partial charge in [0.15, 0.2) is 0 Å². The van der Waals surface area contributed by atoms with E-state index in [-0.39, 0.29) is 10.8 Å². The number of amides is 1. The summed E-state index contributed by atoms with van der Waals surface area (Å²) in [6, 6.07) is 23.1. The predicted octanol–water partition coefficient (Wildman–Crippen LogP) is 4.04. The summed E-state index contributed by atoms with van der Waals surface area (Å²) >= 11 is 0. The highest BCUT2D eigenvalue weighted by atomic mass is 32.2. The average molecular weight is 489 g/mol. The van der Waals surface area contributed by atoms with Gasteiger partial charge in [-0.3, -0.25) is 9.10 Å². The van der Waals surface area contributed by atoms with E-state index in [1.807, 2.05) is 24.0 Å². The van der Waals surface area contributed by atoms with Gasteiger partial charge in [-0.1, -0.05) is 17.7 Å². The number of hydrogen-bond donors (Lipinski definition) is 0. The maximum atomic E-state index is 13.2. The first kappa shape index (κ1) is 24.3. The highest BCUT2D eigenvalue weighted by Crippen LogP contribution is 2.24. The predicted molar refractivity (Wildman–Crippen MR) is 137 cm³/mol. The molecular formula is C27H28N4O3S. The molecule has 1 amide bonds. The van der Waals surface area contributed by atoms with Crippen LogP contribution < -0.4 is 9.21 Å². The number of benzene rings is 3. The number of rotatable bonds is 5. The molecule has 0 atom stereocenters. The van der Waals surface area contributed by atoms with E-state index in [0.29, 0.717) is 36.4 Å². The van der Waals surface area contributed by atoms with Crippen LogP contribution in [0, 0.1) is 18.3 Å². The van der Waals surface area contributed by atoms with Gasteiger partial charge in [0.2, 0.25) is 0 Å². The van der Waals surface area contributed by atoms with E-state index in [2.05, 4.69) is 11.0 Å². The number of carbonyl (C=O) groups excluding carboxylic acids is 1. The molecule has 1 heterocycles. The molecule has 8 heteroatoms. The highest BCUT2D eigenvalue weighted by molar-refractivity contribution is 7.92. The summed E-state index contributed by atoms with van der Waals surface area (Å²) in [4.78, 5) is 17.4. The zero-order valence-electron chi connectivity index (χ0n) is 19.9. The molecule has 0 aromatic heterocycles. The second-order valence-corrected chi connectivity index (χ2v) is 10.6. The van der Waals surface area contributed by atoms with Crippen molar-refractivity contribution in [2.24, 2.45) is 0 Å². The Balaban J connectivity index is 1.43. The van der Waals surface area contributed by atoms with E-state index in [0.717, 1.165) is 24.2 Å². The number of aryl methyl sites for hydroxylation is 1. The minimum Gasteiger partial charge on any atom is -0.370 e. The highest BCUT2D eigenvalue weighted by Gasteiger charge is 2.23. The lowest BCUT2D eigenvalue weighted by atomic mass is 10.1. The van der Waals surface area contributed by atoms with Crippen LogP contribution in [0.4, 0.5) is 11.4 Å². The van der Waals surface area contributed by atoms with Crippen molar-refractivity contribution in [3.8, 4) is 6.07 Å². The summed E-state index contributed by atoms with van der Waals surface area (Å²) in [6.07, 6.45) is 0.835. The third kappa shape index (κ3) is 5.31. The molecule has 4 rings (SSSR count). The summed E-state index contributed by atoms with van der Waals surface area (Å²) in [5.74, 6) is -0.0673. The lowest BCUT2D eigenvalue weighted by Gasteiger charge is -2.24. The fraction of sp³-hybridized carbons (Fsp3) is 0.259. The summed E-state index contributed by atoms with van der Waals surface area (Å²) in [6.45, 7) is 4.67. The molecule has 0 bridgehead atoms. The van der Waals surface area contributed by atoms with Gasteiger partial charge in [0.25, 0.3) is 15.9 Å². The lowest BCUT2D eigenvalue weighted by Crippen LogP contribution is -2.35. The number of carbonyl (C=O) groups is 1. The Hall–Kier alpha value is -3.83. The van der Waals surface area contributed by atoms with Gasteiger partial charge < -0.3 is 9.80 Å². The van der Waals surface area contributed by atoms with Crippen LogP contribution in [0.25, 0.3) is 0 Å². The third-order valence-electron chi connectivity index (χ3n) is 6.30. The van der Waals surface area contributed by atoms with E-state index >= 15 is 0 Å². The molecule has 180 valence electrons. The Bertz CT molecular complexity index is 1330. The van der Waals surface area contributed by atoms with Gasteiger partial charge >= 0.3 is 0 Å². The van der Waals surface area contributed by atoms with Gasteiger partial charge in [-0.2, -0.15) is 5.26 Å². The molecule has 0 unspecified atom stereocenters. The number of hydrogen-bond acceptors (Lipinski definition) is 5. The first-order valence-corrected chi connectivity index (χ1v) is 12.9. The number of nitriles is 1. The summed E-state index contributed by atoms with van der Waals surface area (Å²) in [5, 5.41) is 9.00. The van der Waals surface area contributed by atoms with Gasteiger partial charge in [-0.15, -0.1) is 0 Å². The summed E-state index contributed by atoms with van der Waals surface area (Å²) < 4.78 is 27.2. The second kappa shape index (κ2) is 10.2. The number of sulfonamides is 1. The number of nitrogens with zero attached hydrogens (tertiary/aromatic N) is 4. The summed E-state index contributed by atoms with van der Waals surface area (Å²) in [7, 11) is -2.18. The lowest BCUT2D eigenvalue weighted by molar-refractivity contribution is 0.0767. The molecule has 3 aromatic rings. The Morgan fingerprint density at radius 1 is 0.886 bits per heavy atom. The Kier molecular flexibility index (Phi) is 7.08. The first-order valence-electron chi connectivity index (χ1n) is 11.5. The van der Waals surface area contributed by atoms with Crippen LogP contribution in [-0.2, 0) is 10.0 Å². The van der Waals surface area contributed by atoms with Crippen molar-refractivity contribution in [1.29, 1.82) is 5.26 Å². The maximum Gasteiger partial charge on any atom is 0.264 e. The molecule has 0 radical (unpaired) electrons. The fourth-order valence-corrected chi connectivity index (χ4v) is 5.32. The molecule has 1 aliphatic rings. The molecule has 1 fully saturated rings. The van der Waals surface area contributed by atoms with Gasteiger partial charge in [0.05, 0.1) is 22.2 Å². The van der Waals surface area contributed by atoms with Gasteiger partial charge in [-0.25, -0.2) is 8.42 Å². The number of anilines is 2. The van der Waals surface area contributed by atoms with Crippen molar-refractivity contribution in [1.82, 2.24) is 4.90 Å². The van der Waals surface area contributed by atoms with Crippen molar-refractivity contribution >= 4 is 27.3 Å². The second-order valence-electron chi connectivity index (χ2n) is 8.62. The molecule has 0 spiro atoms. The SMILES string of the molecule is Cc1ccc(S(=O)(=O)N(C)c2ccc(C(=O)N3CCCN(c4ccc(C#N)cc4)CC3)cc2)cc1. The van der Waals surface area contributed by atoms with Crippen LogP contribution in [0.5, 0.6) is 0 Å². The molecule has 35 heavy (non-hydrogen) atoms. The zero-order valence-corrected chi connectivity index (χ0v) is 20.7. The van der Waals surface area contributed by atoms with Crippen LogP contribution in [0.3, 0.4) is 0 Å². The zero-order chi connectivity index (χ0) is 25.0. The van der Waals surface area contributed by atoms with Crippen molar-refractivity contribution in [2.45, 2.75) is 18.2 Å². The largest absolute Gasteiger partial charge is 0.370 e. The minimum absolute atomic E-state index is 0.0673. The van der Waals surface area contributed by atoms with E-state index in [1.165, 1.54) is 11.4 Å². The van der Waals surface area contributed by atoms with E-state index < -0.39 is 10.0 Å². The van der Waals surface area contributed by atoms with Crippen molar-refractivity contribution < 1.29 is 13.2 Å². The van der Waals surface area contributed by atoms with Crippen LogP contribution >= 0.6 is 0 Å². The van der Waals surface area contributed by atoms with Gasteiger partial charge in [0, 0.05) is 44.5 Å². The molecule has 7 nitrogen and oxygen atoms in total. The maximum absolute atomic E-state index is 13.2. The van der Waals surface area contributed by atoms with Crippen LogP contribution in [0.1, 0.15) is 27.9 Å². The van der Waals surface area contributed by atoms with Crippen LogP contribution in [-0.4, -0.2) is 52.5 Å². The Morgan fingerprint density at radius 3 is 2.17 bits per heavy atom. The van der Waals surface area contributed by atoms with Crippen molar-refractivity contribution in [2.75, 3.05) is 42.4 Å². The Labute approximate surface area is 206 Å². The van der Waals surface area contributed by atoms with Crippen molar-refractivity contribution in [3.63, 3.8) is 0 Å². The smallest absolute Gasteiger partial charge is 0.264 e. The molecule has 0 N–H and O–H groups in total. The monoisotopic (exact) mass is 488 g/mol. The van der Waals surface area contributed by atoms with E-state index in [9.17, 15) is 13.2 Å². The third-order valence-corrected chi connectivity index (χ3v) is 8.10. The minimum atomic E-state index is -3.69. The topological polar surface area (TPSA) is 84.7 Å². The first-order chi connectivity index (χ1) is 16.8. The Morgan fingerprint density at radius 2 is 1.54 bits per heavy atom. The summed E-state index contributed by atoms with van der Waals surface area (Å²) in [5.41, 5.74) is 3.68. The molecular weight excluding hydrogens is 460 g/mol. The van der Waals surface area contributed by atoms with Crippen LogP contribution in [0.15, 0.2) is 77.7 Å². The molecule has 3 aromatic carbocycles. The fourth-order valence-electron chi connectivity index (χ4n) is 4.13. The average Bonchev–Trinajstić information content (AvgIpc) is 3.15. The molecule has 1 aliphatic heterocycles. The van der Waals surface area contributed by atoms with Gasteiger partial charge in [0.1, 0.15) is 0 Å². The van der Waals surface area contributed by atoms with Gasteiger partial charge in [-0.05, 0) is 74.0 Å². The van der Waals surface area contributed by atoms with Crippen molar-refractivity contribution in [3.05, 3.63) is 89.5 Å². The standard InChI is InChI=1S/C27H28N4O3S/c1-21-4-14-26(15-5-21)35(33,34)29(2)24-12-8-23(9-13-24)27(32)31-17-3-16-30(18-19-31)25-10-6-22(20-28)7-11-25/h4-15H,3,16-19H2,1-2H3.